The van der Waals surface area contributed by atoms with Gasteiger partial charge in [-0.1, -0.05) is 42.0 Å². The molecular weight excluding hydrogens is 330 g/mol. The van der Waals surface area contributed by atoms with Crippen LogP contribution in [0.5, 0.6) is 0 Å². The van der Waals surface area contributed by atoms with Crippen molar-refractivity contribution in [3.63, 3.8) is 0 Å². The molecule has 0 spiro atoms. The molecule has 3 amide bonds. The van der Waals surface area contributed by atoms with Gasteiger partial charge in [0, 0.05) is 23.8 Å². The molecule has 2 aromatic carbocycles. The van der Waals surface area contributed by atoms with Crippen molar-refractivity contribution in [2.75, 3.05) is 5.32 Å². The van der Waals surface area contributed by atoms with Crippen molar-refractivity contribution in [2.24, 2.45) is 0 Å². The lowest BCUT2D eigenvalue weighted by Gasteiger charge is -2.10. The highest BCUT2D eigenvalue weighted by Gasteiger charge is 2.15. The van der Waals surface area contributed by atoms with Crippen LogP contribution in [0.3, 0.4) is 0 Å². The van der Waals surface area contributed by atoms with Gasteiger partial charge in [-0.25, -0.2) is 4.79 Å². The predicted octanol–water partition coefficient (Wildman–Crippen LogP) is 3.02. The van der Waals surface area contributed by atoms with E-state index in [4.69, 9.17) is 0 Å². The summed E-state index contributed by atoms with van der Waals surface area (Å²) in [5.74, 6) is -1.21. The van der Waals surface area contributed by atoms with Crippen molar-refractivity contribution < 1.29 is 14.4 Å². The minimum absolute atomic E-state index is 0.0514. The summed E-state index contributed by atoms with van der Waals surface area (Å²) in [6.07, 6.45) is 0. The first kappa shape index (κ1) is 19.2. The maximum Gasteiger partial charge on any atom is 0.319 e. The van der Waals surface area contributed by atoms with Crippen molar-refractivity contribution >= 4 is 23.4 Å². The van der Waals surface area contributed by atoms with E-state index in [0.29, 0.717) is 11.3 Å². The molecule has 0 radical (unpaired) electrons. The molecule has 0 aliphatic heterocycles. The molecule has 2 rings (SSSR count). The normalized spacial score (nSPS) is 10.3. The van der Waals surface area contributed by atoms with Crippen molar-refractivity contribution in [2.45, 2.75) is 33.4 Å². The molecule has 0 aliphatic rings. The van der Waals surface area contributed by atoms with E-state index in [1.165, 1.54) is 0 Å². The highest BCUT2D eigenvalue weighted by atomic mass is 16.2. The SMILES string of the molecule is Cc1ccc(C(=O)C(=O)NCc2ccc(NC(=O)NC(C)C)cc2)cc1. The molecule has 136 valence electrons. The second-order valence-corrected chi connectivity index (χ2v) is 6.33. The highest BCUT2D eigenvalue weighted by molar-refractivity contribution is 6.42. The lowest BCUT2D eigenvalue weighted by molar-refractivity contribution is -0.117. The van der Waals surface area contributed by atoms with Crippen LogP contribution in [0.15, 0.2) is 48.5 Å². The molecule has 0 aliphatic carbocycles. The zero-order valence-corrected chi connectivity index (χ0v) is 15.1. The summed E-state index contributed by atoms with van der Waals surface area (Å²) in [5, 5.41) is 8.06. The fraction of sp³-hybridized carbons (Fsp3) is 0.250. The fourth-order valence-corrected chi connectivity index (χ4v) is 2.23. The van der Waals surface area contributed by atoms with Gasteiger partial charge < -0.3 is 16.0 Å². The van der Waals surface area contributed by atoms with Crippen LogP contribution in [0.4, 0.5) is 10.5 Å². The maximum atomic E-state index is 12.1. The fourth-order valence-electron chi connectivity index (χ4n) is 2.23. The van der Waals surface area contributed by atoms with E-state index in [0.717, 1.165) is 11.1 Å². The first-order chi connectivity index (χ1) is 12.3. The Labute approximate surface area is 153 Å². The molecule has 0 atom stereocenters. The second kappa shape index (κ2) is 8.80. The molecule has 0 saturated heterocycles. The summed E-state index contributed by atoms with van der Waals surface area (Å²) in [7, 11) is 0. The number of hydrogen-bond donors (Lipinski definition) is 3. The molecule has 6 heteroatoms. The van der Waals surface area contributed by atoms with Gasteiger partial charge >= 0.3 is 6.03 Å². The van der Waals surface area contributed by atoms with Crippen LogP contribution in [0, 0.1) is 6.92 Å². The summed E-state index contributed by atoms with van der Waals surface area (Å²) in [6.45, 7) is 5.90. The smallest absolute Gasteiger partial charge is 0.319 e. The summed E-state index contributed by atoms with van der Waals surface area (Å²) in [6, 6.07) is 13.7. The van der Waals surface area contributed by atoms with Gasteiger partial charge in [0.05, 0.1) is 0 Å². The minimum Gasteiger partial charge on any atom is -0.345 e. The van der Waals surface area contributed by atoms with E-state index in [9.17, 15) is 14.4 Å². The molecule has 26 heavy (non-hydrogen) atoms. The molecule has 2 aromatic rings. The topological polar surface area (TPSA) is 87.3 Å². The number of carbonyl (C=O) groups is 3. The van der Waals surface area contributed by atoms with Gasteiger partial charge in [0.25, 0.3) is 5.91 Å². The van der Waals surface area contributed by atoms with Crippen LogP contribution in [0.2, 0.25) is 0 Å². The van der Waals surface area contributed by atoms with Crippen LogP contribution in [0.1, 0.15) is 35.3 Å². The Morgan fingerprint density at radius 3 is 2.12 bits per heavy atom. The number of rotatable bonds is 6. The van der Waals surface area contributed by atoms with Gasteiger partial charge in [-0.3, -0.25) is 9.59 Å². The molecular formula is C20H23N3O3. The van der Waals surface area contributed by atoms with Gasteiger partial charge in [-0.05, 0) is 38.5 Å². The Bertz CT molecular complexity index is 781. The molecule has 3 N–H and O–H groups in total. The number of benzene rings is 2. The van der Waals surface area contributed by atoms with Crippen molar-refractivity contribution in [3.8, 4) is 0 Å². The number of aryl methyl sites for hydroxylation is 1. The quantitative estimate of drug-likeness (QED) is 0.551. The first-order valence-electron chi connectivity index (χ1n) is 8.41. The average molecular weight is 353 g/mol. The van der Waals surface area contributed by atoms with E-state index >= 15 is 0 Å². The van der Waals surface area contributed by atoms with E-state index in [-0.39, 0.29) is 18.6 Å². The molecule has 0 aromatic heterocycles. The molecule has 0 bridgehead atoms. The maximum absolute atomic E-state index is 12.1. The monoisotopic (exact) mass is 353 g/mol. The Kier molecular flexibility index (Phi) is 6.49. The Morgan fingerprint density at radius 2 is 1.54 bits per heavy atom. The highest BCUT2D eigenvalue weighted by Crippen LogP contribution is 2.10. The van der Waals surface area contributed by atoms with Crippen LogP contribution in [0.25, 0.3) is 0 Å². The average Bonchev–Trinajstić information content (AvgIpc) is 2.60. The molecule has 0 saturated carbocycles. The number of carbonyl (C=O) groups excluding carboxylic acids is 3. The lowest BCUT2D eigenvalue weighted by atomic mass is 10.1. The third-order valence-corrected chi connectivity index (χ3v) is 3.60. The summed E-state index contributed by atoms with van der Waals surface area (Å²) < 4.78 is 0. The largest absolute Gasteiger partial charge is 0.345 e. The Hall–Kier alpha value is -3.15. The third-order valence-electron chi connectivity index (χ3n) is 3.60. The lowest BCUT2D eigenvalue weighted by Crippen LogP contribution is -2.34. The second-order valence-electron chi connectivity index (χ2n) is 6.33. The van der Waals surface area contributed by atoms with Crippen LogP contribution in [-0.4, -0.2) is 23.8 Å². The summed E-state index contributed by atoms with van der Waals surface area (Å²) in [5.41, 5.74) is 2.86. The Morgan fingerprint density at radius 1 is 0.923 bits per heavy atom. The number of nitrogens with one attached hydrogen (secondary N) is 3. The van der Waals surface area contributed by atoms with E-state index in [2.05, 4.69) is 16.0 Å². The number of amides is 3. The van der Waals surface area contributed by atoms with Gasteiger partial charge in [0.1, 0.15) is 0 Å². The van der Waals surface area contributed by atoms with Crippen LogP contribution >= 0.6 is 0 Å². The summed E-state index contributed by atoms with van der Waals surface area (Å²) in [4.78, 5) is 35.7. The van der Waals surface area contributed by atoms with E-state index in [1.54, 1.807) is 48.5 Å². The summed E-state index contributed by atoms with van der Waals surface area (Å²) >= 11 is 0. The van der Waals surface area contributed by atoms with Gasteiger partial charge in [-0.2, -0.15) is 0 Å². The number of urea groups is 1. The van der Waals surface area contributed by atoms with Crippen molar-refractivity contribution in [1.29, 1.82) is 0 Å². The third kappa shape index (κ3) is 5.73. The number of anilines is 1. The standard InChI is InChI=1S/C20H23N3O3/c1-13(2)22-20(26)23-17-10-6-15(7-11-17)12-21-19(25)18(24)16-8-4-14(3)5-9-16/h4-11,13H,12H2,1-3H3,(H,21,25)(H2,22,23,26). The van der Waals surface area contributed by atoms with Crippen LogP contribution < -0.4 is 16.0 Å². The molecule has 0 unspecified atom stereocenters. The molecule has 0 heterocycles. The van der Waals surface area contributed by atoms with Crippen molar-refractivity contribution in [3.05, 3.63) is 65.2 Å². The molecule has 6 nitrogen and oxygen atoms in total. The number of Topliss-reactive ketones (excluding diaryl/α,β-unsaturated/α-hetero) is 1. The molecule has 0 fully saturated rings. The van der Waals surface area contributed by atoms with Gasteiger partial charge in [0.15, 0.2) is 0 Å². The van der Waals surface area contributed by atoms with Gasteiger partial charge in [0.2, 0.25) is 5.78 Å². The van der Waals surface area contributed by atoms with E-state index < -0.39 is 11.7 Å². The number of ketones is 1. The first-order valence-corrected chi connectivity index (χ1v) is 8.41. The van der Waals surface area contributed by atoms with Crippen LogP contribution in [-0.2, 0) is 11.3 Å². The Balaban J connectivity index is 1.87. The van der Waals surface area contributed by atoms with Gasteiger partial charge in [-0.15, -0.1) is 0 Å². The zero-order chi connectivity index (χ0) is 19.1. The van der Waals surface area contributed by atoms with Crippen molar-refractivity contribution in [1.82, 2.24) is 10.6 Å². The zero-order valence-electron chi connectivity index (χ0n) is 15.1. The van der Waals surface area contributed by atoms with E-state index in [1.807, 2.05) is 20.8 Å². The number of hydrogen-bond acceptors (Lipinski definition) is 3. The minimum atomic E-state index is -0.646. The predicted molar refractivity (Wildman–Crippen MR) is 101 cm³/mol.